The number of hydrogen-bond donors (Lipinski definition) is 2. The van der Waals surface area contributed by atoms with Gasteiger partial charge in [0.15, 0.2) is 5.78 Å². The van der Waals surface area contributed by atoms with Crippen molar-refractivity contribution in [3.63, 3.8) is 0 Å². The highest BCUT2D eigenvalue weighted by molar-refractivity contribution is 5.97. The molecule has 0 aromatic heterocycles. The minimum absolute atomic E-state index is 0. The molecular formula is C14H21ClN2O3. The molecule has 2 N–H and O–H groups in total. The van der Waals surface area contributed by atoms with Gasteiger partial charge < -0.3 is 15.4 Å². The van der Waals surface area contributed by atoms with Crippen molar-refractivity contribution in [2.75, 3.05) is 33.4 Å². The van der Waals surface area contributed by atoms with Gasteiger partial charge in [-0.3, -0.25) is 9.59 Å². The van der Waals surface area contributed by atoms with Gasteiger partial charge in [-0.25, -0.2) is 0 Å². The molecule has 0 unspecified atom stereocenters. The number of ether oxygens (including phenoxy) is 1. The van der Waals surface area contributed by atoms with Crippen LogP contribution in [-0.2, 0) is 4.74 Å². The van der Waals surface area contributed by atoms with E-state index in [0.717, 1.165) is 6.54 Å². The van der Waals surface area contributed by atoms with E-state index in [1.165, 1.54) is 6.92 Å². The van der Waals surface area contributed by atoms with E-state index in [1.807, 2.05) is 0 Å². The van der Waals surface area contributed by atoms with Crippen LogP contribution in [0.3, 0.4) is 0 Å². The van der Waals surface area contributed by atoms with Crippen molar-refractivity contribution >= 4 is 24.1 Å². The van der Waals surface area contributed by atoms with Gasteiger partial charge in [0.2, 0.25) is 0 Å². The zero-order valence-electron chi connectivity index (χ0n) is 11.8. The molecule has 0 radical (unpaired) electrons. The number of methoxy groups -OCH3 is 1. The molecule has 0 aliphatic rings. The lowest BCUT2D eigenvalue weighted by Gasteiger charge is -2.07. The number of nitrogens with one attached hydrogen (secondary N) is 2. The van der Waals surface area contributed by atoms with Crippen molar-refractivity contribution in [3.8, 4) is 0 Å². The molecule has 112 valence electrons. The van der Waals surface area contributed by atoms with Gasteiger partial charge in [-0.2, -0.15) is 0 Å². The van der Waals surface area contributed by atoms with Crippen LogP contribution < -0.4 is 10.6 Å². The van der Waals surface area contributed by atoms with E-state index in [0.29, 0.717) is 30.8 Å². The van der Waals surface area contributed by atoms with Crippen LogP contribution in [0.15, 0.2) is 24.3 Å². The topological polar surface area (TPSA) is 67.4 Å². The Balaban J connectivity index is 0.00000361. The molecule has 20 heavy (non-hydrogen) atoms. The maximum atomic E-state index is 11.8. The quantitative estimate of drug-likeness (QED) is 0.560. The zero-order chi connectivity index (χ0) is 14.1. The Hall–Kier alpha value is -1.43. The molecule has 1 aromatic carbocycles. The second kappa shape index (κ2) is 10.4. The molecule has 0 heterocycles. The largest absolute Gasteiger partial charge is 0.383 e. The molecule has 0 spiro atoms. The highest BCUT2D eigenvalue weighted by Gasteiger charge is 2.05. The smallest absolute Gasteiger partial charge is 0.251 e. The van der Waals surface area contributed by atoms with E-state index < -0.39 is 0 Å². The van der Waals surface area contributed by atoms with Gasteiger partial charge in [-0.05, 0) is 19.1 Å². The summed E-state index contributed by atoms with van der Waals surface area (Å²) >= 11 is 0. The fourth-order valence-corrected chi connectivity index (χ4v) is 1.52. The first kappa shape index (κ1) is 18.6. The summed E-state index contributed by atoms with van der Waals surface area (Å²) in [6.45, 7) is 4.17. The second-order valence-corrected chi connectivity index (χ2v) is 4.13. The molecule has 5 nitrogen and oxygen atoms in total. The number of amides is 1. The van der Waals surface area contributed by atoms with Crippen molar-refractivity contribution in [1.29, 1.82) is 0 Å². The average Bonchev–Trinajstić information content (AvgIpc) is 2.42. The fraction of sp³-hybridized carbons (Fsp3) is 0.429. The van der Waals surface area contributed by atoms with Crippen LogP contribution in [0.25, 0.3) is 0 Å². The van der Waals surface area contributed by atoms with Crippen molar-refractivity contribution < 1.29 is 14.3 Å². The molecule has 0 aliphatic carbocycles. The van der Waals surface area contributed by atoms with E-state index in [2.05, 4.69) is 10.6 Å². The number of Topliss-reactive ketones (excluding diaryl/α,β-unsaturated/α-hetero) is 1. The monoisotopic (exact) mass is 300 g/mol. The molecule has 1 rings (SSSR count). The van der Waals surface area contributed by atoms with E-state index in [1.54, 1.807) is 31.4 Å². The number of carbonyl (C=O) groups excluding carboxylic acids is 2. The van der Waals surface area contributed by atoms with Crippen LogP contribution in [0.1, 0.15) is 27.6 Å². The van der Waals surface area contributed by atoms with Crippen molar-refractivity contribution in [3.05, 3.63) is 35.4 Å². The Labute approximate surface area is 125 Å². The summed E-state index contributed by atoms with van der Waals surface area (Å²) in [6, 6.07) is 6.64. The Morgan fingerprint density at radius 1 is 1.05 bits per heavy atom. The molecule has 0 atom stereocenters. The van der Waals surface area contributed by atoms with Crippen LogP contribution in [0.2, 0.25) is 0 Å². The first-order chi connectivity index (χ1) is 9.15. The minimum Gasteiger partial charge on any atom is -0.383 e. The van der Waals surface area contributed by atoms with Crippen LogP contribution in [0, 0.1) is 0 Å². The summed E-state index contributed by atoms with van der Waals surface area (Å²) in [6.07, 6.45) is 0. The van der Waals surface area contributed by atoms with E-state index in [9.17, 15) is 9.59 Å². The molecule has 1 amide bonds. The summed E-state index contributed by atoms with van der Waals surface area (Å²) < 4.78 is 4.89. The molecule has 0 saturated heterocycles. The van der Waals surface area contributed by atoms with Crippen LogP contribution in [-0.4, -0.2) is 45.0 Å². The Morgan fingerprint density at radius 3 is 2.20 bits per heavy atom. The highest BCUT2D eigenvalue weighted by atomic mass is 35.5. The van der Waals surface area contributed by atoms with Gasteiger partial charge in [-0.15, -0.1) is 12.4 Å². The van der Waals surface area contributed by atoms with E-state index in [-0.39, 0.29) is 24.1 Å². The van der Waals surface area contributed by atoms with Gasteiger partial charge in [-0.1, -0.05) is 12.1 Å². The van der Waals surface area contributed by atoms with E-state index in [4.69, 9.17) is 4.74 Å². The molecule has 6 heteroatoms. The SMILES string of the molecule is COCCNCCNC(=O)c1ccc(C(C)=O)cc1.Cl. The lowest BCUT2D eigenvalue weighted by molar-refractivity contribution is 0.0951. The van der Waals surface area contributed by atoms with Gasteiger partial charge in [0.25, 0.3) is 5.91 Å². The van der Waals surface area contributed by atoms with Gasteiger partial charge >= 0.3 is 0 Å². The third-order valence-electron chi connectivity index (χ3n) is 2.62. The first-order valence-electron chi connectivity index (χ1n) is 6.24. The molecule has 0 saturated carbocycles. The average molecular weight is 301 g/mol. The third-order valence-corrected chi connectivity index (χ3v) is 2.62. The second-order valence-electron chi connectivity index (χ2n) is 4.13. The molecular weight excluding hydrogens is 280 g/mol. The lowest BCUT2D eigenvalue weighted by Crippen LogP contribution is -2.33. The van der Waals surface area contributed by atoms with Crippen LogP contribution >= 0.6 is 12.4 Å². The first-order valence-corrected chi connectivity index (χ1v) is 6.24. The summed E-state index contributed by atoms with van der Waals surface area (Å²) in [5, 5.41) is 5.93. The summed E-state index contributed by atoms with van der Waals surface area (Å²) in [7, 11) is 1.65. The third kappa shape index (κ3) is 6.65. The maximum absolute atomic E-state index is 11.8. The summed E-state index contributed by atoms with van der Waals surface area (Å²) in [5.74, 6) is -0.141. The molecule has 0 fully saturated rings. The predicted molar refractivity (Wildman–Crippen MR) is 80.8 cm³/mol. The number of halogens is 1. The predicted octanol–water partition coefficient (Wildman–Crippen LogP) is 1.28. The number of hydrogen-bond acceptors (Lipinski definition) is 4. The molecule has 1 aromatic rings. The maximum Gasteiger partial charge on any atom is 0.251 e. The van der Waals surface area contributed by atoms with Crippen LogP contribution in [0.5, 0.6) is 0 Å². The number of carbonyl (C=O) groups is 2. The van der Waals surface area contributed by atoms with Gasteiger partial charge in [0.1, 0.15) is 0 Å². The number of rotatable bonds is 8. The fourth-order valence-electron chi connectivity index (χ4n) is 1.52. The minimum atomic E-state index is -0.136. The van der Waals surface area contributed by atoms with Crippen molar-refractivity contribution in [2.24, 2.45) is 0 Å². The lowest BCUT2D eigenvalue weighted by atomic mass is 10.1. The summed E-state index contributed by atoms with van der Waals surface area (Å²) in [4.78, 5) is 22.9. The van der Waals surface area contributed by atoms with Crippen molar-refractivity contribution in [1.82, 2.24) is 10.6 Å². The van der Waals surface area contributed by atoms with Gasteiger partial charge in [0, 0.05) is 37.9 Å². The highest BCUT2D eigenvalue weighted by Crippen LogP contribution is 2.04. The molecule has 0 aliphatic heterocycles. The Morgan fingerprint density at radius 2 is 1.65 bits per heavy atom. The number of benzene rings is 1. The Bertz CT molecular complexity index is 421. The van der Waals surface area contributed by atoms with E-state index >= 15 is 0 Å². The number of ketones is 1. The van der Waals surface area contributed by atoms with Crippen LogP contribution in [0.4, 0.5) is 0 Å². The zero-order valence-corrected chi connectivity index (χ0v) is 12.6. The Kier molecular flexibility index (Phi) is 9.63. The van der Waals surface area contributed by atoms with Crippen molar-refractivity contribution in [2.45, 2.75) is 6.92 Å². The summed E-state index contributed by atoms with van der Waals surface area (Å²) in [5.41, 5.74) is 1.17. The van der Waals surface area contributed by atoms with Gasteiger partial charge in [0.05, 0.1) is 6.61 Å². The normalized spacial score (nSPS) is 9.70. The standard InChI is InChI=1S/C14H20N2O3.ClH/c1-11(17)12-3-5-13(6-4-12)14(18)16-8-7-15-9-10-19-2;/h3-6,15H,7-10H2,1-2H3,(H,16,18);1H. The molecule has 0 bridgehead atoms.